The van der Waals surface area contributed by atoms with E-state index in [4.69, 9.17) is 17.5 Å². The van der Waals surface area contributed by atoms with Crippen LogP contribution in [0.5, 0.6) is 11.5 Å². The molecule has 0 aliphatic rings. The fourth-order valence-corrected chi connectivity index (χ4v) is 2.71. The first-order chi connectivity index (χ1) is 17.7. The summed E-state index contributed by atoms with van der Waals surface area (Å²) < 4.78 is 31.6. The lowest BCUT2D eigenvalue weighted by Crippen LogP contribution is -2.38. The number of phenols is 2. The molecule has 8 N–H and O–H groups in total. The third-order valence-corrected chi connectivity index (χ3v) is 4.67. The van der Waals surface area contributed by atoms with Gasteiger partial charge >= 0.3 is 10.4 Å². The molecule has 219 valence electrons. The van der Waals surface area contributed by atoms with Gasteiger partial charge in [0.25, 0.3) is 0 Å². The second-order valence-electron chi connectivity index (χ2n) is 10.5. The molecule has 12 nitrogen and oxygen atoms in total. The van der Waals surface area contributed by atoms with E-state index in [0.717, 1.165) is 0 Å². The van der Waals surface area contributed by atoms with Crippen LogP contribution in [-0.2, 0) is 10.4 Å². The van der Waals surface area contributed by atoms with Gasteiger partial charge in [0.2, 0.25) is 0 Å². The van der Waals surface area contributed by atoms with Crippen LogP contribution in [0.15, 0.2) is 30.3 Å². The quantitative estimate of drug-likeness (QED) is 0.169. The summed E-state index contributed by atoms with van der Waals surface area (Å²) in [6.07, 6.45) is -0.368. The van der Waals surface area contributed by atoms with Crippen LogP contribution >= 0.6 is 0 Å². The largest absolute Gasteiger partial charge is 0.507 e. The number of hydrogen-bond donors (Lipinski definition) is 8. The number of β-amino-alcohol motifs (C(OH)–C–C–N with tert-alkyl or cyclic N) is 2. The Morgan fingerprint density at radius 2 is 1.28 bits per heavy atom. The molecule has 0 spiro atoms. The first kappa shape index (κ1) is 36.1. The predicted octanol–water partition coefficient (Wildman–Crippen LogP) is 2.40. The average Bonchev–Trinajstić information content (AvgIpc) is 2.80. The van der Waals surface area contributed by atoms with Crippen LogP contribution < -0.4 is 10.6 Å². The van der Waals surface area contributed by atoms with Gasteiger partial charge in [0.1, 0.15) is 11.5 Å². The van der Waals surface area contributed by atoms with Crippen LogP contribution in [0.1, 0.15) is 85.6 Å². The predicted molar refractivity (Wildman–Crippen MR) is 145 cm³/mol. The highest BCUT2D eigenvalue weighted by atomic mass is 32.3. The first-order valence-electron chi connectivity index (χ1n) is 11.7. The lowest BCUT2D eigenvalue weighted by Gasteiger charge is -2.23. The number of aromatic hydroxyl groups is 2. The van der Waals surface area contributed by atoms with Crippen molar-refractivity contribution in [2.75, 3.05) is 13.1 Å². The third kappa shape index (κ3) is 17.3. The standard InChI is InChI=1S/C13H19NO3.C13H18NO3.H2O4S/c2*1-13(2,3)14-7-12(17)9-4-5-11(16)10(6-9)8-15;1-5(2,3)4/h4-6,8,12,14,16-17H,7H2,1-3H3;4-5,8,12,14,16-17H,7H2,1-3H3;(H2,1,2,3,4). The molecule has 0 amide bonds. The minimum absolute atomic E-state index is 0.0670. The molecule has 2 unspecified atom stereocenters. The van der Waals surface area contributed by atoms with Gasteiger partial charge in [-0.1, -0.05) is 12.1 Å². The molecule has 2 aromatic carbocycles. The number of phenolic OH excluding ortho intramolecular Hbond substituents is 2. The van der Waals surface area contributed by atoms with Crippen LogP contribution in [0.3, 0.4) is 0 Å². The van der Waals surface area contributed by atoms with Gasteiger partial charge in [0, 0.05) is 30.2 Å². The van der Waals surface area contributed by atoms with Gasteiger partial charge in [0.15, 0.2) is 12.6 Å². The molecule has 0 saturated heterocycles. The number of carbonyl (C=O) groups is 2. The molecule has 2 atom stereocenters. The van der Waals surface area contributed by atoms with E-state index in [-0.39, 0.29) is 33.7 Å². The van der Waals surface area contributed by atoms with E-state index in [1.807, 2.05) is 41.5 Å². The summed E-state index contributed by atoms with van der Waals surface area (Å²) in [5.41, 5.74) is 1.19. The number of aldehydes is 2. The van der Waals surface area contributed by atoms with Crippen LogP contribution in [0.2, 0.25) is 0 Å². The maximum Gasteiger partial charge on any atom is 0.394 e. The van der Waals surface area contributed by atoms with E-state index in [9.17, 15) is 30.0 Å². The van der Waals surface area contributed by atoms with Crippen LogP contribution in [0.25, 0.3) is 0 Å². The van der Waals surface area contributed by atoms with Crippen molar-refractivity contribution in [3.8, 4) is 11.5 Å². The lowest BCUT2D eigenvalue weighted by atomic mass is 10.0. The number of hydrogen-bond acceptors (Lipinski definition) is 10. The van der Waals surface area contributed by atoms with Crippen molar-refractivity contribution >= 4 is 23.0 Å². The molecule has 0 aliphatic carbocycles. The van der Waals surface area contributed by atoms with Gasteiger partial charge in [-0.05, 0) is 70.9 Å². The normalized spacial score (nSPS) is 13.2. The van der Waals surface area contributed by atoms with Crippen molar-refractivity contribution < 1.29 is 47.5 Å². The summed E-state index contributed by atoms with van der Waals surface area (Å²) in [5.74, 6) is -0.195. The van der Waals surface area contributed by atoms with Gasteiger partial charge in [-0.3, -0.25) is 18.7 Å². The van der Waals surface area contributed by atoms with E-state index in [1.54, 1.807) is 12.1 Å². The smallest absolute Gasteiger partial charge is 0.394 e. The van der Waals surface area contributed by atoms with Gasteiger partial charge < -0.3 is 31.1 Å². The molecule has 0 bridgehead atoms. The topological polar surface area (TPSA) is 214 Å². The Bertz CT molecular complexity index is 1090. The maximum atomic E-state index is 10.7. The zero-order valence-electron chi connectivity index (χ0n) is 22.8. The van der Waals surface area contributed by atoms with Crippen LogP contribution in [-0.4, -0.2) is 74.7 Å². The summed E-state index contributed by atoms with van der Waals surface area (Å²) in [6.45, 7) is 12.8. The Hall–Kier alpha value is -2.91. The Balaban J connectivity index is 0.000000632. The number of nitrogens with one attached hydrogen (secondary N) is 2. The van der Waals surface area contributed by atoms with Gasteiger partial charge in [0.05, 0.1) is 23.3 Å². The Kier molecular flexibility index (Phi) is 14.5. The number of rotatable bonds is 8. The van der Waals surface area contributed by atoms with Crippen molar-refractivity contribution in [1.29, 1.82) is 0 Å². The number of aliphatic hydroxyl groups excluding tert-OH is 2. The van der Waals surface area contributed by atoms with Gasteiger partial charge in [-0.2, -0.15) is 8.42 Å². The summed E-state index contributed by atoms with van der Waals surface area (Å²) in [6, 6.07) is 10.1. The molecule has 0 aliphatic heterocycles. The second-order valence-corrected chi connectivity index (χ2v) is 11.4. The van der Waals surface area contributed by atoms with Crippen molar-refractivity contribution in [2.24, 2.45) is 0 Å². The average molecular weight is 572 g/mol. The third-order valence-electron chi connectivity index (χ3n) is 4.67. The Morgan fingerprint density at radius 1 is 0.821 bits per heavy atom. The Morgan fingerprint density at radius 3 is 1.72 bits per heavy atom. The van der Waals surface area contributed by atoms with E-state index >= 15 is 0 Å². The minimum Gasteiger partial charge on any atom is -0.507 e. The minimum atomic E-state index is -4.67. The Labute approximate surface area is 229 Å². The number of carbonyl (C=O) groups excluding carboxylic acids is 2. The molecule has 39 heavy (non-hydrogen) atoms. The van der Waals surface area contributed by atoms with Crippen molar-refractivity contribution in [2.45, 2.75) is 64.8 Å². The highest BCUT2D eigenvalue weighted by Gasteiger charge is 2.16. The zero-order chi connectivity index (χ0) is 30.6. The lowest BCUT2D eigenvalue weighted by molar-refractivity contribution is 0.111. The van der Waals surface area contributed by atoms with Crippen molar-refractivity contribution in [1.82, 2.24) is 10.6 Å². The van der Waals surface area contributed by atoms with E-state index in [1.165, 1.54) is 18.2 Å². The molecule has 0 heterocycles. The molecule has 0 saturated carbocycles. The van der Waals surface area contributed by atoms with Crippen molar-refractivity contribution in [3.05, 3.63) is 58.7 Å². The molecule has 13 heteroatoms. The summed E-state index contributed by atoms with van der Waals surface area (Å²) >= 11 is 0. The van der Waals surface area contributed by atoms with Gasteiger partial charge in [-0.15, -0.1) is 0 Å². The van der Waals surface area contributed by atoms with E-state index in [2.05, 4.69) is 16.7 Å². The van der Waals surface area contributed by atoms with Crippen molar-refractivity contribution in [3.63, 3.8) is 0 Å². The SMILES string of the molecule is CC(C)(C)NCC(O)c1[c]c(C=O)c(O)cc1.CC(C)(C)NCC(O)c1ccc(O)c(C=O)c1.O=S(=O)(O)O. The fourth-order valence-electron chi connectivity index (χ4n) is 2.71. The summed E-state index contributed by atoms with van der Waals surface area (Å²) in [5, 5.41) is 44.8. The molecule has 2 rings (SSSR count). The van der Waals surface area contributed by atoms with Crippen LogP contribution in [0.4, 0.5) is 0 Å². The molecule has 0 fully saturated rings. The summed E-state index contributed by atoms with van der Waals surface area (Å²) in [4.78, 5) is 21.3. The molecule has 0 aromatic heterocycles. The zero-order valence-corrected chi connectivity index (χ0v) is 23.7. The van der Waals surface area contributed by atoms with Crippen LogP contribution in [0, 0.1) is 6.07 Å². The van der Waals surface area contributed by atoms with Gasteiger partial charge in [-0.25, -0.2) is 0 Å². The van der Waals surface area contributed by atoms with E-state index < -0.39 is 22.6 Å². The second kappa shape index (κ2) is 15.6. The maximum absolute atomic E-state index is 10.7. The molecular weight excluding hydrogens is 532 g/mol. The fraction of sp³-hybridized carbons (Fsp3) is 0.462. The molecule has 2 aromatic rings. The number of benzene rings is 2. The molecular formula is C26H39N2O10S. The first-order valence-corrected chi connectivity index (χ1v) is 13.1. The summed E-state index contributed by atoms with van der Waals surface area (Å²) in [7, 11) is -4.67. The highest BCUT2D eigenvalue weighted by Crippen LogP contribution is 2.22. The number of aliphatic hydroxyl groups is 2. The highest BCUT2D eigenvalue weighted by molar-refractivity contribution is 7.79. The monoisotopic (exact) mass is 571 g/mol. The molecule has 1 radical (unpaired) electrons. The van der Waals surface area contributed by atoms with E-state index in [0.29, 0.717) is 36.8 Å².